The van der Waals surface area contributed by atoms with Gasteiger partial charge in [0.15, 0.2) is 5.69 Å². The van der Waals surface area contributed by atoms with Gasteiger partial charge in [0.05, 0.1) is 5.69 Å². The fraction of sp³-hybridized carbons (Fsp3) is 0.125. The lowest BCUT2D eigenvalue weighted by atomic mass is 10.3. The van der Waals surface area contributed by atoms with E-state index in [0.29, 0.717) is 0 Å². The number of aromatic carboxylic acids is 1. The van der Waals surface area contributed by atoms with Crippen molar-refractivity contribution < 1.29 is 14.7 Å². The standard InChI is InChI=1S/C8H7ClN2O3/c9-4-6(12)11-5-2-1-3-10-7(5)8(13)14/h1-3H,4H2,(H,11,12)(H,13,14). The van der Waals surface area contributed by atoms with E-state index in [4.69, 9.17) is 16.7 Å². The van der Waals surface area contributed by atoms with Crippen molar-refractivity contribution in [3.63, 3.8) is 0 Å². The monoisotopic (exact) mass is 214 g/mol. The highest BCUT2D eigenvalue weighted by molar-refractivity contribution is 6.29. The molecule has 1 heterocycles. The zero-order chi connectivity index (χ0) is 10.6. The number of hydrogen-bond donors (Lipinski definition) is 2. The summed E-state index contributed by atoms with van der Waals surface area (Å²) in [6, 6.07) is 2.97. The van der Waals surface area contributed by atoms with E-state index >= 15 is 0 Å². The Kier molecular flexibility index (Phi) is 3.41. The Hall–Kier alpha value is -1.62. The van der Waals surface area contributed by atoms with Gasteiger partial charge in [-0.2, -0.15) is 0 Å². The number of carbonyl (C=O) groups is 2. The highest BCUT2D eigenvalue weighted by atomic mass is 35.5. The normalized spacial score (nSPS) is 9.50. The fourth-order valence-electron chi connectivity index (χ4n) is 0.860. The topological polar surface area (TPSA) is 79.3 Å². The van der Waals surface area contributed by atoms with E-state index in [0.717, 1.165) is 0 Å². The second-order valence-corrected chi connectivity index (χ2v) is 2.65. The molecule has 0 aliphatic heterocycles. The predicted molar refractivity (Wildman–Crippen MR) is 50.5 cm³/mol. The number of nitrogens with one attached hydrogen (secondary N) is 1. The first-order chi connectivity index (χ1) is 6.65. The molecule has 14 heavy (non-hydrogen) atoms. The van der Waals surface area contributed by atoms with Crippen LogP contribution in [-0.4, -0.2) is 27.8 Å². The number of anilines is 1. The van der Waals surface area contributed by atoms with Gasteiger partial charge < -0.3 is 10.4 Å². The summed E-state index contributed by atoms with van der Waals surface area (Å²) in [4.78, 5) is 25.1. The van der Waals surface area contributed by atoms with Crippen LogP contribution in [0.25, 0.3) is 0 Å². The van der Waals surface area contributed by atoms with Crippen molar-refractivity contribution in [1.29, 1.82) is 0 Å². The summed E-state index contributed by atoms with van der Waals surface area (Å²) in [6.07, 6.45) is 1.33. The van der Waals surface area contributed by atoms with E-state index in [1.165, 1.54) is 18.3 Å². The van der Waals surface area contributed by atoms with Crippen LogP contribution in [0.5, 0.6) is 0 Å². The molecule has 1 rings (SSSR count). The second-order valence-electron chi connectivity index (χ2n) is 2.39. The lowest BCUT2D eigenvalue weighted by Crippen LogP contribution is -2.16. The average molecular weight is 215 g/mol. The zero-order valence-electron chi connectivity index (χ0n) is 7.03. The number of carbonyl (C=O) groups excluding carboxylic acids is 1. The number of nitrogens with zero attached hydrogens (tertiary/aromatic N) is 1. The maximum atomic E-state index is 10.9. The van der Waals surface area contributed by atoms with Crippen molar-refractivity contribution in [2.45, 2.75) is 0 Å². The Labute approximate surface area is 84.7 Å². The van der Waals surface area contributed by atoms with Gasteiger partial charge in [-0.05, 0) is 12.1 Å². The molecule has 0 atom stereocenters. The second kappa shape index (κ2) is 4.57. The van der Waals surface area contributed by atoms with Gasteiger partial charge in [0.25, 0.3) is 0 Å². The van der Waals surface area contributed by atoms with Crippen molar-refractivity contribution in [1.82, 2.24) is 4.98 Å². The molecule has 0 aromatic carbocycles. The Bertz CT molecular complexity index is 367. The summed E-state index contributed by atoms with van der Waals surface area (Å²) in [5.74, 6) is -1.90. The van der Waals surface area contributed by atoms with Gasteiger partial charge in [0.2, 0.25) is 5.91 Å². The molecule has 1 aromatic heterocycles. The van der Waals surface area contributed by atoms with Crippen LogP contribution in [0.2, 0.25) is 0 Å². The van der Waals surface area contributed by atoms with Crippen LogP contribution in [0.4, 0.5) is 5.69 Å². The molecule has 0 saturated heterocycles. The number of alkyl halides is 1. The number of carboxylic acid groups (broad SMARTS) is 1. The minimum Gasteiger partial charge on any atom is -0.476 e. The highest BCUT2D eigenvalue weighted by Gasteiger charge is 2.12. The third-order valence-corrected chi connectivity index (χ3v) is 1.65. The number of aromatic nitrogens is 1. The average Bonchev–Trinajstić information content (AvgIpc) is 2.18. The first kappa shape index (κ1) is 10.5. The third kappa shape index (κ3) is 2.43. The van der Waals surface area contributed by atoms with Crippen molar-refractivity contribution in [3.8, 4) is 0 Å². The van der Waals surface area contributed by atoms with Crippen molar-refractivity contribution in [3.05, 3.63) is 24.0 Å². The molecule has 0 radical (unpaired) electrons. The zero-order valence-corrected chi connectivity index (χ0v) is 7.78. The van der Waals surface area contributed by atoms with E-state index in [-0.39, 0.29) is 17.3 Å². The van der Waals surface area contributed by atoms with Crippen LogP contribution in [-0.2, 0) is 4.79 Å². The minimum atomic E-state index is -1.20. The number of amides is 1. The maximum Gasteiger partial charge on any atom is 0.356 e. The molecule has 6 heteroatoms. The van der Waals surface area contributed by atoms with E-state index in [1.807, 2.05) is 0 Å². The largest absolute Gasteiger partial charge is 0.476 e. The first-order valence-electron chi connectivity index (χ1n) is 3.69. The fourth-order valence-corrected chi connectivity index (χ4v) is 0.927. The lowest BCUT2D eigenvalue weighted by Gasteiger charge is -2.04. The van der Waals surface area contributed by atoms with E-state index in [2.05, 4.69) is 10.3 Å². The molecule has 1 amide bonds. The predicted octanol–water partition coefficient (Wildman–Crippen LogP) is 0.957. The minimum absolute atomic E-state index is 0.144. The Morgan fingerprint density at radius 2 is 2.29 bits per heavy atom. The smallest absolute Gasteiger partial charge is 0.356 e. The van der Waals surface area contributed by atoms with Crippen LogP contribution < -0.4 is 5.32 Å². The number of carboxylic acids is 1. The summed E-state index contributed by atoms with van der Waals surface area (Å²) in [5, 5.41) is 11.0. The summed E-state index contributed by atoms with van der Waals surface area (Å²) >= 11 is 5.25. The summed E-state index contributed by atoms with van der Waals surface area (Å²) < 4.78 is 0. The molecule has 0 saturated carbocycles. The molecule has 0 aliphatic carbocycles. The number of halogens is 1. The number of rotatable bonds is 3. The molecule has 0 aliphatic rings. The maximum absolute atomic E-state index is 10.9. The van der Waals surface area contributed by atoms with Gasteiger partial charge in [0, 0.05) is 6.20 Å². The van der Waals surface area contributed by atoms with Gasteiger partial charge >= 0.3 is 5.97 Å². The van der Waals surface area contributed by atoms with Gasteiger partial charge in [0.1, 0.15) is 5.88 Å². The molecular formula is C8H7ClN2O3. The van der Waals surface area contributed by atoms with Crippen LogP contribution in [0.3, 0.4) is 0 Å². The summed E-state index contributed by atoms with van der Waals surface area (Å²) in [7, 11) is 0. The van der Waals surface area contributed by atoms with Gasteiger partial charge in [-0.1, -0.05) is 0 Å². The molecule has 0 fully saturated rings. The van der Waals surface area contributed by atoms with Crippen LogP contribution in [0, 0.1) is 0 Å². The lowest BCUT2D eigenvalue weighted by molar-refractivity contribution is -0.113. The molecule has 1 aromatic rings. The van der Waals surface area contributed by atoms with E-state index in [9.17, 15) is 9.59 Å². The molecule has 2 N–H and O–H groups in total. The van der Waals surface area contributed by atoms with Crippen LogP contribution in [0.1, 0.15) is 10.5 Å². The molecular weight excluding hydrogens is 208 g/mol. The highest BCUT2D eigenvalue weighted by Crippen LogP contribution is 2.11. The number of pyridine rings is 1. The summed E-state index contributed by atoms with van der Waals surface area (Å²) in [5.41, 5.74) is -0.0587. The molecule has 0 bridgehead atoms. The first-order valence-corrected chi connectivity index (χ1v) is 4.22. The Balaban J connectivity index is 2.95. The van der Waals surface area contributed by atoms with E-state index in [1.54, 1.807) is 0 Å². The van der Waals surface area contributed by atoms with E-state index < -0.39 is 11.9 Å². The molecule has 0 unspecified atom stereocenters. The van der Waals surface area contributed by atoms with Gasteiger partial charge in [-0.25, -0.2) is 9.78 Å². The number of hydrogen-bond acceptors (Lipinski definition) is 3. The van der Waals surface area contributed by atoms with Gasteiger partial charge in [-0.3, -0.25) is 4.79 Å². The van der Waals surface area contributed by atoms with Crippen LogP contribution in [0.15, 0.2) is 18.3 Å². The van der Waals surface area contributed by atoms with Crippen LogP contribution >= 0.6 is 11.6 Å². The molecule has 5 nitrogen and oxygen atoms in total. The van der Waals surface area contributed by atoms with Crippen molar-refractivity contribution >= 4 is 29.2 Å². The molecule has 0 spiro atoms. The summed E-state index contributed by atoms with van der Waals surface area (Å²) in [6.45, 7) is 0. The van der Waals surface area contributed by atoms with Crippen molar-refractivity contribution in [2.75, 3.05) is 11.2 Å². The quantitative estimate of drug-likeness (QED) is 0.735. The Morgan fingerprint density at radius 3 is 2.86 bits per heavy atom. The Morgan fingerprint density at radius 1 is 1.57 bits per heavy atom. The molecule has 74 valence electrons. The SMILES string of the molecule is O=C(CCl)Nc1cccnc1C(=O)O. The van der Waals surface area contributed by atoms with Gasteiger partial charge in [-0.15, -0.1) is 11.6 Å². The van der Waals surface area contributed by atoms with Crippen molar-refractivity contribution in [2.24, 2.45) is 0 Å². The third-order valence-electron chi connectivity index (χ3n) is 1.41.